The Bertz CT molecular complexity index is 511. The Balaban J connectivity index is 1.73. The summed E-state index contributed by atoms with van der Waals surface area (Å²) < 4.78 is 5.88. The van der Waals surface area contributed by atoms with Crippen molar-refractivity contribution in [3.05, 3.63) is 36.1 Å². The first-order valence-electron chi connectivity index (χ1n) is 7.13. The summed E-state index contributed by atoms with van der Waals surface area (Å²) >= 11 is 0. The Hall–Kier alpha value is -1.32. The Morgan fingerprint density at radius 2 is 2.16 bits per heavy atom. The highest BCUT2D eigenvalue weighted by Gasteiger charge is 2.31. The summed E-state index contributed by atoms with van der Waals surface area (Å²) in [5, 5.41) is 13.9. The van der Waals surface area contributed by atoms with Gasteiger partial charge in [-0.15, -0.1) is 0 Å². The normalized spacial score (nSPS) is 18.6. The Kier molecular flexibility index (Phi) is 3.58. The van der Waals surface area contributed by atoms with Crippen LogP contribution in [0.3, 0.4) is 0 Å². The standard InChI is InChI=1S/C16H21NO2/c1-11(17-14(8-9-18)12-6-7-12)16-10-13-4-2-3-5-15(13)19-16/h2-5,10-12,14,17-18H,6-9H2,1H3. The van der Waals surface area contributed by atoms with Gasteiger partial charge in [0, 0.05) is 18.0 Å². The molecule has 0 spiro atoms. The van der Waals surface area contributed by atoms with Gasteiger partial charge < -0.3 is 14.8 Å². The summed E-state index contributed by atoms with van der Waals surface area (Å²) in [5.74, 6) is 1.71. The van der Waals surface area contributed by atoms with Crippen LogP contribution in [0.1, 0.15) is 38.0 Å². The summed E-state index contributed by atoms with van der Waals surface area (Å²) in [5.41, 5.74) is 0.941. The predicted octanol–water partition coefficient (Wildman–Crippen LogP) is 3.24. The number of rotatable bonds is 6. The zero-order chi connectivity index (χ0) is 13.2. The second-order valence-electron chi connectivity index (χ2n) is 5.53. The van der Waals surface area contributed by atoms with Crippen LogP contribution in [0, 0.1) is 5.92 Å². The van der Waals surface area contributed by atoms with E-state index in [-0.39, 0.29) is 12.6 Å². The van der Waals surface area contributed by atoms with Crippen molar-refractivity contribution in [3.8, 4) is 0 Å². The first-order valence-corrected chi connectivity index (χ1v) is 7.13. The fourth-order valence-corrected chi connectivity index (χ4v) is 2.71. The van der Waals surface area contributed by atoms with E-state index in [2.05, 4.69) is 24.4 Å². The Labute approximate surface area is 113 Å². The summed E-state index contributed by atoms with van der Waals surface area (Å²) in [7, 11) is 0. The molecule has 2 unspecified atom stereocenters. The molecule has 0 aliphatic heterocycles. The molecule has 3 rings (SSSR count). The first-order chi connectivity index (χ1) is 9.28. The number of fused-ring (bicyclic) bond motifs is 1. The van der Waals surface area contributed by atoms with Gasteiger partial charge in [0.15, 0.2) is 0 Å². The van der Waals surface area contributed by atoms with Crippen LogP contribution in [0.25, 0.3) is 11.0 Å². The molecule has 2 atom stereocenters. The van der Waals surface area contributed by atoms with Gasteiger partial charge in [0.2, 0.25) is 0 Å². The lowest BCUT2D eigenvalue weighted by Crippen LogP contribution is -2.34. The van der Waals surface area contributed by atoms with Crippen LogP contribution in [0.15, 0.2) is 34.7 Å². The van der Waals surface area contributed by atoms with Gasteiger partial charge in [-0.2, -0.15) is 0 Å². The molecule has 1 saturated carbocycles. The smallest absolute Gasteiger partial charge is 0.134 e. The minimum atomic E-state index is 0.185. The number of aliphatic hydroxyl groups is 1. The van der Waals surface area contributed by atoms with Gasteiger partial charge in [0.05, 0.1) is 6.04 Å². The van der Waals surface area contributed by atoms with Gasteiger partial charge in [-0.1, -0.05) is 18.2 Å². The SMILES string of the molecule is CC(NC(CCO)C1CC1)c1cc2ccccc2o1. The average molecular weight is 259 g/mol. The molecule has 1 fully saturated rings. The Morgan fingerprint density at radius 1 is 1.37 bits per heavy atom. The predicted molar refractivity (Wildman–Crippen MR) is 76.0 cm³/mol. The molecule has 1 aromatic carbocycles. The zero-order valence-electron chi connectivity index (χ0n) is 11.3. The van der Waals surface area contributed by atoms with Gasteiger partial charge in [-0.05, 0) is 44.2 Å². The van der Waals surface area contributed by atoms with Crippen LogP contribution < -0.4 is 5.32 Å². The number of aliphatic hydroxyl groups excluding tert-OH is 1. The highest BCUT2D eigenvalue weighted by molar-refractivity contribution is 5.77. The maximum atomic E-state index is 9.15. The van der Waals surface area contributed by atoms with E-state index in [1.165, 1.54) is 12.8 Å². The fourth-order valence-electron chi connectivity index (χ4n) is 2.71. The van der Waals surface area contributed by atoms with Crippen LogP contribution in [-0.2, 0) is 0 Å². The molecule has 3 heteroatoms. The largest absolute Gasteiger partial charge is 0.459 e. The van der Waals surface area contributed by atoms with Crippen molar-refractivity contribution in [2.24, 2.45) is 5.92 Å². The lowest BCUT2D eigenvalue weighted by atomic mass is 10.1. The Morgan fingerprint density at radius 3 is 2.84 bits per heavy atom. The second kappa shape index (κ2) is 5.35. The van der Waals surface area contributed by atoms with Crippen LogP contribution in [0.5, 0.6) is 0 Å². The van der Waals surface area contributed by atoms with Crippen LogP contribution in [0.2, 0.25) is 0 Å². The number of nitrogens with one attached hydrogen (secondary N) is 1. The van der Waals surface area contributed by atoms with Crippen molar-refractivity contribution in [3.63, 3.8) is 0 Å². The van der Waals surface area contributed by atoms with E-state index in [0.29, 0.717) is 6.04 Å². The number of benzene rings is 1. The van der Waals surface area contributed by atoms with Gasteiger partial charge >= 0.3 is 0 Å². The van der Waals surface area contributed by atoms with Crippen molar-refractivity contribution in [2.75, 3.05) is 6.61 Å². The molecule has 3 nitrogen and oxygen atoms in total. The maximum absolute atomic E-state index is 9.15. The third kappa shape index (κ3) is 2.82. The molecule has 1 aliphatic rings. The molecule has 0 saturated heterocycles. The molecular weight excluding hydrogens is 238 g/mol. The molecule has 102 valence electrons. The van der Waals surface area contributed by atoms with E-state index < -0.39 is 0 Å². The summed E-state index contributed by atoms with van der Waals surface area (Å²) in [6.45, 7) is 2.38. The fraction of sp³-hybridized carbons (Fsp3) is 0.500. The lowest BCUT2D eigenvalue weighted by molar-refractivity contribution is 0.246. The molecule has 0 bridgehead atoms. The first kappa shape index (κ1) is 12.7. The molecule has 0 amide bonds. The molecular formula is C16H21NO2. The molecule has 0 radical (unpaired) electrons. The molecule has 19 heavy (non-hydrogen) atoms. The summed E-state index contributed by atoms with van der Waals surface area (Å²) in [6, 6.07) is 10.8. The number of hydrogen-bond donors (Lipinski definition) is 2. The molecule has 1 aromatic heterocycles. The number of para-hydroxylation sites is 1. The van der Waals surface area contributed by atoms with Crippen molar-refractivity contribution in [2.45, 2.75) is 38.3 Å². The highest BCUT2D eigenvalue weighted by atomic mass is 16.3. The summed E-state index contributed by atoms with van der Waals surface area (Å²) in [4.78, 5) is 0. The van der Waals surface area contributed by atoms with E-state index in [1.54, 1.807) is 0 Å². The molecule has 1 aliphatic carbocycles. The van der Waals surface area contributed by atoms with E-state index >= 15 is 0 Å². The van der Waals surface area contributed by atoms with Crippen molar-refractivity contribution < 1.29 is 9.52 Å². The van der Waals surface area contributed by atoms with Crippen molar-refractivity contribution in [1.82, 2.24) is 5.32 Å². The molecule has 2 N–H and O–H groups in total. The quantitative estimate of drug-likeness (QED) is 0.837. The van der Waals surface area contributed by atoms with E-state index in [0.717, 1.165) is 29.1 Å². The van der Waals surface area contributed by atoms with Gasteiger partial charge in [-0.3, -0.25) is 0 Å². The minimum Gasteiger partial charge on any atom is -0.459 e. The van der Waals surface area contributed by atoms with Crippen molar-refractivity contribution in [1.29, 1.82) is 0 Å². The van der Waals surface area contributed by atoms with Crippen LogP contribution in [-0.4, -0.2) is 17.8 Å². The minimum absolute atomic E-state index is 0.185. The van der Waals surface area contributed by atoms with E-state index in [4.69, 9.17) is 9.52 Å². The summed E-state index contributed by atoms with van der Waals surface area (Å²) in [6.07, 6.45) is 3.39. The highest BCUT2D eigenvalue weighted by Crippen LogP contribution is 2.35. The van der Waals surface area contributed by atoms with E-state index in [9.17, 15) is 0 Å². The monoisotopic (exact) mass is 259 g/mol. The maximum Gasteiger partial charge on any atom is 0.134 e. The average Bonchev–Trinajstić information content (AvgIpc) is 3.16. The van der Waals surface area contributed by atoms with Gasteiger partial charge in [0.25, 0.3) is 0 Å². The van der Waals surface area contributed by atoms with E-state index in [1.807, 2.05) is 18.2 Å². The van der Waals surface area contributed by atoms with Crippen LogP contribution >= 0.6 is 0 Å². The van der Waals surface area contributed by atoms with Crippen LogP contribution in [0.4, 0.5) is 0 Å². The topological polar surface area (TPSA) is 45.4 Å². The number of hydrogen-bond acceptors (Lipinski definition) is 3. The second-order valence-corrected chi connectivity index (χ2v) is 5.53. The number of furan rings is 1. The lowest BCUT2D eigenvalue weighted by Gasteiger charge is -2.21. The van der Waals surface area contributed by atoms with Crippen molar-refractivity contribution >= 4 is 11.0 Å². The molecule has 2 aromatic rings. The van der Waals surface area contributed by atoms with Gasteiger partial charge in [0.1, 0.15) is 11.3 Å². The zero-order valence-corrected chi connectivity index (χ0v) is 11.3. The molecule has 1 heterocycles. The third-order valence-corrected chi connectivity index (χ3v) is 3.97. The van der Waals surface area contributed by atoms with Gasteiger partial charge in [-0.25, -0.2) is 0 Å². The third-order valence-electron chi connectivity index (χ3n) is 3.97.